The lowest BCUT2D eigenvalue weighted by atomic mass is 9.99. The van der Waals surface area contributed by atoms with Gasteiger partial charge in [-0.2, -0.15) is 0 Å². The van der Waals surface area contributed by atoms with Crippen LogP contribution in [0.3, 0.4) is 0 Å². The molecule has 0 radical (unpaired) electrons. The van der Waals surface area contributed by atoms with Crippen molar-refractivity contribution in [1.29, 1.82) is 0 Å². The van der Waals surface area contributed by atoms with Crippen molar-refractivity contribution < 1.29 is 4.92 Å². The van der Waals surface area contributed by atoms with Gasteiger partial charge in [-0.15, -0.1) is 0 Å². The van der Waals surface area contributed by atoms with Gasteiger partial charge >= 0.3 is 0 Å². The first-order chi connectivity index (χ1) is 8.99. The third-order valence-electron chi connectivity index (χ3n) is 3.97. The van der Waals surface area contributed by atoms with Crippen molar-refractivity contribution in [3.8, 4) is 0 Å². The summed E-state index contributed by atoms with van der Waals surface area (Å²) in [6, 6.07) is 3.84. The minimum atomic E-state index is -0.343. The van der Waals surface area contributed by atoms with E-state index in [1.165, 1.54) is 25.7 Å². The quantitative estimate of drug-likeness (QED) is 0.646. The van der Waals surface area contributed by atoms with Crippen molar-refractivity contribution in [2.45, 2.75) is 45.6 Å². The van der Waals surface area contributed by atoms with E-state index < -0.39 is 0 Å². The van der Waals surface area contributed by atoms with Crippen LogP contribution in [0.4, 0.5) is 11.4 Å². The molecule has 0 aromatic heterocycles. The Labute approximate surface area is 121 Å². The lowest BCUT2D eigenvalue weighted by molar-refractivity contribution is -0.385. The number of nitro benzene ring substituents is 1. The first-order valence-electron chi connectivity index (χ1n) is 6.70. The zero-order valence-electron chi connectivity index (χ0n) is 11.3. The molecule has 0 bridgehead atoms. The summed E-state index contributed by atoms with van der Waals surface area (Å²) in [5, 5.41) is 14.4. The lowest BCUT2D eigenvalue weighted by Gasteiger charge is -2.22. The van der Waals surface area contributed by atoms with Gasteiger partial charge < -0.3 is 5.32 Å². The van der Waals surface area contributed by atoms with Crippen LogP contribution in [0.1, 0.15) is 38.2 Å². The fourth-order valence-corrected chi connectivity index (χ4v) is 3.24. The van der Waals surface area contributed by atoms with Crippen LogP contribution in [-0.2, 0) is 0 Å². The van der Waals surface area contributed by atoms with Gasteiger partial charge in [0.25, 0.3) is 5.69 Å². The Morgan fingerprint density at radius 2 is 2.05 bits per heavy atom. The van der Waals surface area contributed by atoms with Crippen LogP contribution in [-0.4, -0.2) is 11.0 Å². The number of halogens is 1. The van der Waals surface area contributed by atoms with Gasteiger partial charge in [0.15, 0.2) is 0 Å². The van der Waals surface area contributed by atoms with Crippen LogP contribution >= 0.6 is 15.9 Å². The van der Waals surface area contributed by atoms with Crippen LogP contribution < -0.4 is 5.32 Å². The van der Waals surface area contributed by atoms with Gasteiger partial charge in [-0.1, -0.05) is 12.8 Å². The maximum Gasteiger partial charge on any atom is 0.273 e. The number of nitro groups is 1. The van der Waals surface area contributed by atoms with Crippen molar-refractivity contribution in [2.24, 2.45) is 5.92 Å². The van der Waals surface area contributed by atoms with Crippen molar-refractivity contribution in [3.05, 3.63) is 32.3 Å². The summed E-state index contributed by atoms with van der Waals surface area (Å²) in [7, 11) is 0. The Hall–Kier alpha value is -1.10. The van der Waals surface area contributed by atoms with E-state index >= 15 is 0 Å². The molecule has 1 unspecified atom stereocenters. The molecule has 19 heavy (non-hydrogen) atoms. The standard InChI is InChI=1S/C14H19BrN2O2/c1-9-7-13(12(15)8-14(9)17(18)19)16-10(2)11-5-3-4-6-11/h7-8,10-11,16H,3-6H2,1-2H3. The first-order valence-corrected chi connectivity index (χ1v) is 7.49. The molecule has 0 aliphatic heterocycles. The number of nitrogens with zero attached hydrogens (tertiary/aromatic N) is 1. The smallest absolute Gasteiger partial charge is 0.273 e. The molecule has 5 heteroatoms. The molecule has 1 aromatic rings. The fourth-order valence-electron chi connectivity index (χ4n) is 2.80. The Morgan fingerprint density at radius 1 is 1.42 bits per heavy atom. The van der Waals surface area contributed by atoms with E-state index in [1.54, 1.807) is 13.0 Å². The predicted molar refractivity (Wildman–Crippen MR) is 80.6 cm³/mol. The summed E-state index contributed by atoms with van der Waals surface area (Å²) in [5.41, 5.74) is 1.79. The lowest BCUT2D eigenvalue weighted by Crippen LogP contribution is -2.24. The average molecular weight is 327 g/mol. The van der Waals surface area contributed by atoms with Crippen LogP contribution in [0, 0.1) is 23.0 Å². The van der Waals surface area contributed by atoms with Gasteiger partial charge in [0.05, 0.1) is 4.92 Å². The van der Waals surface area contributed by atoms with Crippen molar-refractivity contribution >= 4 is 27.3 Å². The molecular formula is C14H19BrN2O2. The molecule has 0 spiro atoms. The predicted octanol–water partition coefficient (Wildman–Crippen LogP) is 4.66. The van der Waals surface area contributed by atoms with Crippen molar-refractivity contribution in [3.63, 3.8) is 0 Å². The molecule has 0 amide bonds. The van der Waals surface area contributed by atoms with E-state index in [9.17, 15) is 10.1 Å². The minimum Gasteiger partial charge on any atom is -0.381 e. The number of aryl methyl sites for hydroxylation is 1. The van der Waals surface area contributed by atoms with E-state index in [0.29, 0.717) is 17.5 Å². The fraction of sp³-hybridized carbons (Fsp3) is 0.571. The second kappa shape index (κ2) is 5.90. The molecule has 1 aliphatic rings. The van der Waals surface area contributed by atoms with Gasteiger partial charge in [-0.25, -0.2) is 0 Å². The van der Waals surface area contributed by atoms with Gasteiger partial charge in [0.2, 0.25) is 0 Å². The second-order valence-electron chi connectivity index (χ2n) is 5.35. The number of hydrogen-bond acceptors (Lipinski definition) is 3. The summed E-state index contributed by atoms with van der Waals surface area (Å²) in [6.45, 7) is 3.97. The highest BCUT2D eigenvalue weighted by Crippen LogP contribution is 2.34. The molecule has 2 rings (SSSR count). The normalized spacial score (nSPS) is 17.4. The van der Waals surface area contributed by atoms with E-state index in [4.69, 9.17) is 0 Å². The highest BCUT2D eigenvalue weighted by molar-refractivity contribution is 9.10. The van der Waals surface area contributed by atoms with Gasteiger partial charge in [-0.05, 0) is 54.6 Å². The topological polar surface area (TPSA) is 55.2 Å². The van der Waals surface area contributed by atoms with Gasteiger partial charge in [-0.3, -0.25) is 10.1 Å². The van der Waals surface area contributed by atoms with Gasteiger partial charge in [0.1, 0.15) is 0 Å². The molecule has 4 nitrogen and oxygen atoms in total. The number of rotatable bonds is 4. The minimum absolute atomic E-state index is 0.158. The highest BCUT2D eigenvalue weighted by Gasteiger charge is 2.22. The van der Waals surface area contributed by atoms with E-state index in [2.05, 4.69) is 28.2 Å². The number of nitrogens with one attached hydrogen (secondary N) is 1. The van der Waals surface area contributed by atoms with Gasteiger partial charge in [0, 0.05) is 27.8 Å². The van der Waals surface area contributed by atoms with Crippen LogP contribution in [0.15, 0.2) is 16.6 Å². The summed E-state index contributed by atoms with van der Waals surface area (Å²) in [4.78, 5) is 10.5. The first kappa shape index (κ1) is 14.3. The zero-order chi connectivity index (χ0) is 14.0. The molecule has 0 heterocycles. The summed E-state index contributed by atoms with van der Waals surface area (Å²) >= 11 is 3.42. The second-order valence-corrected chi connectivity index (χ2v) is 6.21. The Morgan fingerprint density at radius 3 is 2.63 bits per heavy atom. The maximum absolute atomic E-state index is 10.9. The Bertz CT molecular complexity index is 485. The summed E-state index contributed by atoms with van der Waals surface area (Å²) in [5.74, 6) is 0.711. The van der Waals surface area contributed by atoms with Crippen molar-refractivity contribution in [2.75, 3.05) is 5.32 Å². The molecular weight excluding hydrogens is 308 g/mol. The molecule has 0 saturated heterocycles. The molecule has 1 saturated carbocycles. The summed E-state index contributed by atoms with van der Waals surface area (Å²) < 4.78 is 0.759. The zero-order valence-corrected chi connectivity index (χ0v) is 12.9. The SMILES string of the molecule is Cc1cc(NC(C)C2CCCC2)c(Br)cc1[N+](=O)[O-]. The largest absolute Gasteiger partial charge is 0.381 e. The van der Waals surface area contributed by atoms with E-state index in [-0.39, 0.29) is 10.6 Å². The van der Waals surface area contributed by atoms with E-state index in [1.807, 2.05) is 6.07 Å². The third kappa shape index (κ3) is 3.26. The molecule has 1 fully saturated rings. The summed E-state index contributed by atoms with van der Waals surface area (Å²) in [6.07, 6.45) is 5.18. The number of hydrogen-bond donors (Lipinski definition) is 1. The molecule has 1 atom stereocenters. The Balaban J connectivity index is 2.16. The van der Waals surface area contributed by atoms with Crippen molar-refractivity contribution in [1.82, 2.24) is 0 Å². The van der Waals surface area contributed by atoms with E-state index in [0.717, 1.165) is 10.2 Å². The maximum atomic E-state index is 10.9. The highest BCUT2D eigenvalue weighted by atomic mass is 79.9. The Kier molecular flexibility index (Phi) is 4.45. The molecule has 1 aliphatic carbocycles. The molecule has 104 valence electrons. The monoisotopic (exact) mass is 326 g/mol. The molecule has 1 N–H and O–H groups in total. The van der Waals surface area contributed by atoms with Crippen LogP contribution in [0.5, 0.6) is 0 Å². The average Bonchev–Trinajstić information content (AvgIpc) is 2.86. The van der Waals surface area contributed by atoms with Crippen LogP contribution in [0.2, 0.25) is 0 Å². The third-order valence-corrected chi connectivity index (χ3v) is 4.63. The number of anilines is 1. The number of benzene rings is 1. The molecule has 1 aromatic carbocycles. The van der Waals surface area contributed by atoms with Crippen LogP contribution in [0.25, 0.3) is 0 Å².